The molecule has 1 fully saturated rings. The molecule has 7 heteroatoms. The predicted octanol–water partition coefficient (Wildman–Crippen LogP) is -1.19. The molecule has 2 rings (SSSR count). The third-order valence-corrected chi connectivity index (χ3v) is 3.20. The summed E-state index contributed by atoms with van der Waals surface area (Å²) in [7, 11) is 1.24. The van der Waals surface area contributed by atoms with E-state index in [1.54, 1.807) is 0 Å². The summed E-state index contributed by atoms with van der Waals surface area (Å²) >= 11 is 0. The van der Waals surface area contributed by atoms with Gasteiger partial charge in [-0.25, -0.2) is 4.79 Å². The highest BCUT2D eigenvalue weighted by Crippen LogP contribution is 2.35. The normalized spacial score (nSPS) is 30.3. The van der Waals surface area contributed by atoms with Gasteiger partial charge in [-0.1, -0.05) is 0 Å². The molecule has 0 amide bonds. The van der Waals surface area contributed by atoms with E-state index in [4.69, 9.17) is 4.74 Å². The molecule has 1 aromatic heterocycles. The second-order valence-corrected chi connectivity index (χ2v) is 4.29. The maximum absolute atomic E-state index is 11.5. The SMILES string of the molecule is COC(=O)c1ccnc([C@@]2(CO)OC[C@H](O)[C@@H]2O)c1. The molecule has 0 saturated carbocycles. The van der Waals surface area contributed by atoms with Crippen LogP contribution in [0.4, 0.5) is 0 Å². The minimum atomic E-state index is -1.52. The molecule has 7 nitrogen and oxygen atoms in total. The molecule has 1 aliphatic heterocycles. The zero-order valence-corrected chi connectivity index (χ0v) is 10.3. The highest BCUT2D eigenvalue weighted by molar-refractivity contribution is 5.89. The molecule has 0 aliphatic carbocycles. The standard InChI is InChI=1S/C12H15NO6/c1-18-11(17)7-2-3-13-9(4-7)12(6-14)10(16)8(15)5-19-12/h2-4,8,10,14-16H,5-6H2,1H3/t8-,10-,12+/m0/s1. The summed E-state index contributed by atoms with van der Waals surface area (Å²) in [5.41, 5.74) is -1.14. The topological polar surface area (TPSA) is 109 Å². The Labute approximate surface area is 109 Å². The number of aliphatic hydroxyl groups is 3. The maximum atomic E-state index is 11.5. The third kappa shape index (κ3) is 2.21. The van der Waals surface area contributed by atoms with Crippen LogP contribution in [0.2, 0.25) is 0 Å². The van der Waals surface area contributed by atoms with Crippen LogP contribution in [-0.2, 0) is 15.1 Å². The number of aliphatic hydroxyl groups excluding tert-OH is 3. The minimum Gasteiger partial charge on any atom is -0.465 e. The first-order valence-electron chi connectivity index (χ1n) is 5.71. The number of nitrogens with zero attached hydrogens (tertiary/aromatic N) is 1. The molecule has 1 aromatic rings. The first kappa shape index (κ1) is 13.9. The van der Waals surface area contributed by atoms with Gasteiger partial charge in [0, 0.05) is 6.20 Å². The number of esters is 1. The zero-order valence-electron chi connectivity index (χ0n) is 10.3. The van der Waals surface area contributed by atoms with Gasteiger partial charge in [-0.15, -0.1) is 0 Å². The Hall–Kier alpha value is -1.54. The lowest BCUT2D eigenvalue weighted by Crippen LogP contribution is -2.44. The van der Waals surface area contributed by atoms with Crippen molar-refractivity contribution in [2.75, 3.05) is 20.3 Å². The van der Waals surface area contributed by atoms with E-state index in [2.05, 4.69) is 9.72 Å². The van der Waals surface area contributed by atoms with Gasteiger partial charge in [-0.3, -0.25) is 4.98 Å². The quantitative estimate of drug-likeness (QED) is 0.592. The van der Waals surface area contributed by atoms with E-state index in [1.807, 2.05) is 0 Å². The van der Waals surface area contributed by atoms with Crippen LogP contribution in [0.3, 0.4) is 0 Å². The lowest BCUT2D eigenvalue weighted by Gasteiger charge is -2.29. The number of hydrogen-bond acceptors (Lipinski definition) is 7. The van der Waals surface area contributed by atoms with Crippen molar-refractivity contribution >= 4 is 5.97 Å². The Balaban J connectivity index is 2.42. The van der Waals surface area contributed by atoms with Gasteiger partial charge in [-0.2, -0.15) is 0 Å². The van der Waals surface area contributed by atoms with Gasteiger partial charge in [-0.05, 0) is 12.1 Å². The molecule has 0 radical (unpaired) electrons. The van der Waals surface area contributed by atoms with Crippen molar-refractivity contribution in [3.05, 3.63) is 29.6 Å². The molecule has 0 spiro atoms. The molecule has 0 unspecified atom stereocenters. The zero-order chi connectivity index (χ0) is 14.0. The van der Waals surface area contributed by atoms with Crippen LogP contribution in [0.1, 0.15) is 16.1 Å². The van der Waals surface area contributed by atoms with E-state index in [0.29, 0.717) is 0 Å². The molecule has 1 saturated heterocycles. The van der Waals surface area contributed by atoms with Crippen molar-refractivity contribution in [2.24, 2.45) is 0 Å². The summed E-state index contributed by atoms with van der Waals surface area (Å²) < 4.78 is 9.89. The highest BCUT2D eigenvalue weighted by Gasteiger charge is 2.51. The van der Waals surface area contributed by atoms with Crippen molar-refractivity contribution < 1.29 is 29.6 Å². The highest BCUT2D eigenvalue weighted by atomic mass is 16.6. The Kier molecular flexibility index (Phi) is 3.81. The Morgan fingerprint density at radius 2 is 2.37 bits per heavy atom. The average Bonchev–Trinajstić information content (AvgIpc) is 2.75. The smallest absolute Gasteiger partial charge is 0.337 e. The number of aromatic nitrogens is 1. The van der Waals surface area contributed by atoms with E-state index in [-0.39, 0.29) is 17.9 Å². The van der Waals surface area contributed by atoms with E-state index in [0.717, 1.165) is 0 Å². The largest absolute Gasteiger partial charge is 0.465 e. The molecule has 3 atom stereocenters. The van der Waals surface area contributed by atoms with Crippen LogP contribution in [-0.4, -0.2) is 58.8 Å². The van der Waals surface area contributed by atoms with Crippen LogP contribution in [0.5, 0.6) is 0 Å². The molecular weight excluding hydrogens is 254 g/mol. The first-order chi connectivity index (χ1) is 9.05. The summed E-state index contributed by atoms with van der Waals surface area (Å²) in [5.74, 6) is -0.565. The first-order valence-corrected chi connectivity index (χ1v) is 5.71. The van der Waals surface area contributed by atoms with Crippen LogP contribution < -0.4 is 0 Å². The number of carbonyl (C=O) groups is 1. The summed E-state index contributed by atoms with van der Waals surface area (Å²) in [6.07, 6.45) is -1.09. The summed E-state index contributed by atoms with van der Waals surface area (Å²) in [4.78, 5) is 15.5. The number of methoxy groups -OCH3 is 1. The number of rotatable bonds is 3. The van der Waals surface area contributed by atoms with Crippen molar-refractivity contribution in [2.45, 2.75) is 17.8 Å². The van der Waals surface area contributed by atoms with E-state index in [9.17, 15) is 20.1 Å². The van der Waals surface area contributed by atoms with Gasteiger partial charge in [0.1, 0.15) is 12.2 Å². The molecule has 0 bridgehead atoms. The number of carbonyl (C=O) groups excluding carboxylic acids is 1. The third-order valence-electron chi connectivity index (χ3n) is 3.20. The van der Waals surface area contributed by atoms with Crippen molar-refractivity contribution in [1.82, 2.24) is 4.98 Å². The fourth-order valence-corrected chi connectivity index (χ4v) is 2.07. The fourth-order valence-electron chi connectivity index (χ4n) is 2.07. The van der Waals surface area contributed by atoms with Gasteiger partial charge >= 0.3 is 5.97 Å². The van der Waals surface area contributed by atoms with E-state index < -0.39 is 30.4 Å². The number of ether oxygens (including phenoxy) is 2. The summed E-state index contributed by atoms with van der Waals surface area (Å²) in [6.45, 7) is -0.686. The second kappa shape index (κ2) is 5.22. The molecule has 104 valence electrons. The lowest BCUT2D eigenvalue weighted by atomic mass is 9.91. The molecule has 3 N–H and O–H groups in total. The van der Waals surface area contributed by atoms with Crippen LogP contribution in [0, 0.1) is 0 Å². The van der Waals surface area contributed by atoms with Crippen LogP contribution in [0.25, 0.3) is 0 Å². The second-order valence-electron chi connectivity index (χ2n) is 4.29. The van der Waals surface area contributed by atoms with E-state index >= 15 is 0 Å². The van der Waals surface area contributed by atoms with Crippen LogP contribution >= 0.6 is 0 Å². The minimum absolute atomic E-state index is 0.119. The molecule has 19 heavy (non-hydrogen) atoms. The summed E-state index contributed by atoms with van der Waals surface area (Å²) in [5, 5.41) is 29.0. The van der Waals surface area contributed by atoms with Gasteiger partial charge in [0.05, 0.1) is 31.6 Å². The molecular formula is C12H15NO6. The van der Waals surface area contributed by atoms with E-state index in [1.165, 1.54) is 25.4 Å². The Morgan fingerprint density at radius 3 is 2.89 bits per heavy atom. The van der Waals surface area contributed by atoms with Gasteiger partial charge in [0.25, 0.3) is 0 Å². The number of pyridine rings is 1. The summed E-state index contributed by atoms with van der Waals surface area (Å²) in [6, 6.07) is 2.81. The average molecular weight is 269 g/mol. The molecule has 1 aliphatic rings. The fraction of sp³-hybridized carbons (Fsp3) is 0.500. The van der Waals surface area contributed by atoms with Gasteiger partial charge in [0.2, 0.25) is 0 Å². The van der Waals surface area contributed by atoms with Gasteiger partial charge < -0.3 is 24.8 Å². The Bertz CT molecular complexity index is 479. The van der Waals surface area contributed by atoms with Crippen molar-refractivity contribution in [1.29, 1.82) is 0 Å². The molecule has 2 heterocycles. The van der Waals surface area contributed by atoms with Crippen LogP contribution in [0.15, 0.2) is 18.3 Å². The lowest BCUT2D eigenvalue weighted by molar-refractivity contribution is -0.103. The maximum Gasteiger partial charge on any atom is 0.337 e. The monoisotopic (exact) mass is 269 g/mol. The van der Waals surface area contributed by atoms with Gasteiger partial charge in [0.15, 0.2) is 5.60 Å². The predicted molar refractivity (Wildman–Crippen MR) is 62.3 cm³/mol. The Morgan fingerprint density at radius 1 is 1.63 bits per heavy atom. The number of hydrogen-bond donors (Lipinski definition) is 3. The van der Waals surface area contributed by atoms with Crippen molar-refractivity contribution in [3.8, 4) is 0 Å². The van der Waals surface area contributed by atoms with Crippen molar-refractivity contribution in [3.63, 3.8) is 0 Å². The molecule has 0 aromatic carbocycles.